The number of aryl methyl sites for hydroxylation is 1. The second kappa shape index (κ2) is 6.08. The summed E-state index contributed by atoms with van der Waals surface area (Å²) < 4.78 is 61.8. The molecule has 0 saturated heterocycles. The Bertz CT molecular complexity index is 546. The van der Waals surface area contributed by atoms with Gasteiger partial charge in [-0.1, -0.05) is 0 Å². The van der Waals surface area contributed by atoms with Crippen molar-refractivity contribution in [2.24, 2.45) is 0 Å². The van der Waals surface area contributed by atoms with Gasteiger partial charge in [-0.25, -0.2) is 13.4 Å². The van der Waals surface area contributed by atoms with Crippen LogP contribution in [0.3, 0.4) is 0 Å². The summed E-state index contributed by atoms with van der Waals surface area (Å²) >= 11 is 3.17. The van der Waals surface area contributed by atoms with E-state index in [2.05, 4.69) is 25.6 Å². The Hall–Kier alpha value is -0.830. The highest BCUT2D eigenvalue weighted by Gasteiger charge is 2.27. The second-order valence-corrected chi connectivity index (χ2v) is 6.72. The molecule has 0 aromatic carbocycles. The molecule has 0 atom stereocenters. The van der Waals surface area contributed by atoms with Crippen LogP contribution in [0.5, 0.6) is 0 Å². The number of rotatable bonds is 5. The summed E-state index contributed by atoms with van der Waals surface area (Å²) in [4.78, 5) is 3.86. The summed E-state index contributed by atoms with van der Waals surface area (Å²) in [6.45, 7) is 1.64. The molecule has 0 unspecified atom stereocenters. The molecule has 0 saturated carbocycles. The first-order valence-electron chi connectivity index (χ1n) is 5.28. The first-order valence-corrected chi connectivity index (χ1v) is 7.73. The molecule has 0 fully saturated rings. The summed E-state index contributed by atoms with van der Waals surface area (Å²) in [5.41, 5.74) is 0.578. The first kappa shape index (κ1) is 16.2. The van der Waals surface area contributed by atoms with Gasteiger partial charge in [0.25, 0.3) is 0 Å². The maximum atomic E-state index is 11.9. The molecule has 0 aliphatic rings. The Morgan fingerprint density at radius 3 is 2.58 bits per heavy atom. The number of nitrogens with zero attached hydrogens (tertiary/aromatic N) is 1. The SMILES string of the molecule is Cc1cc(Br)cnc1NS(=O)(=O)CCCC(F)(F)F. The van der Waals surface area contributed by atoms with E-state index in [1.54, 1.807) is 13.0 Å². The Morgan fingerprint density at radius 2 is 2.05 bits per heavy atom. The molecule has 1 aromatic heterocycles. The van der Waals surface area contributed by atoms with Crippen molar-refractivity contribution < 1.29 is 21.6 Å². The average molecular weight is 361 g/mol. The van der Waals surface area contributed by atoms with Crippen molar-refractivity contribution in [2.75, 3.05) is 10.5 Å². The molecule has 1 heterocycles. The molecule has 0 amide bonds. The zero-order valence-electron chi connectivity index (χ0n) is 9.96. The monoisotopic (exact) mass is 360 g/mol. The predicted molar refractivity (Wildman–Crippen MR) is 69.4 cm³/mol. The molecule has 0 spiro atoms. The lowest BCUT2D eigenvalue weighted by Crippen LogP contribution is -2.20. The third-order valence-electron chi connectivity index (χ3n) is 2.17. The van der Waals surface area contributed by atoms with Crippen LogP contribution in [-0.2, 0) is 10.0 Å². The van der Waals surface area contributed by atoms with E-state index in [9.17, 15) is 21.6 Å². The summed E-state index contributed by atoms with van der Waals surface area (Å²) in [6, 6.07) is 1.65. The number of pyridine rings is 1. The largest absolute Gasteiger partial charge is 0.389 e. The molecule has 1 aromatic rings. The molecule has 19 heavy (non-hydrogen) atoms. The normalized spacial score (nSPS) is 12.5. The van der Waals surface area contributed by atoms with Crippen LogP contribution in [0.2, 0.25) is 0 Å². The smallest absolute Gasteiger partial charge is 0.267 e. The molecule has 0 aliphatic heterocycles. The fourth-order valence-corrected chi connectivity index (χ4v) is 2.89. The zero-order chi connectivity index (χ0) is 14.7. The van der Waals surface area contributed by atoms with E-state index >= 15 is 0 Å². The second-order valence-electron chi connectivity index (χ2n) is 3.96. The van der Waals surface area contributed by atoms with Crippen LogP contribution in [0.15, 0.2) is 16.7 Å². The lowest BCUT2D eigenvalue weighted by atomic mass is 10.3. The van der Waals surface area contributed by atoms with Gasteiger partial charge >= 0.3 is 6.18 Å². The van der Waals surface area contributed by atoms with Crippen molar-refractivity contribution in [3.63, 3.8) is 0 Å². The molecule has 0 aliphatic carbocycles. The van der Waals surface area contributed by atoms with Crippen molar-refractivity contribution in [3.05, 3.63) is 22.3 Å². The van der Waals surface area contributed by atoms with E-state index in [1.165, 1.54) is 6.20 Å². The van der Waals surface area contributed by atoms with E-state index in [1.807, 2.05) is 0 Å². The maximum absolute atomic E-state index is 11.9. The lowest BCUT2D eigenvalue weighted by molar-refractivity contribution is -0.134. The van der Waals surface area contributed by atoms with E-state index < -0.39 is 34.8 Å². The van der Waals surface area contributed by atoms with Gasteiger partial charge in [0.05, 0.1) is 5.75 Å². The van der Waals surface area contributed by atoms with E-state index in [0.717, 1.165) is 0 Å². The Kier molecular flexibility index (Phi) is 5.19. The molecule has 0 radical (unpaired) electrons. The molecule has 1 rings (SSSR count). The molecular weight excluding hydrogens is 349 g/mol. The van der Waals surface area contributed by atoms with Gasteiger partial charge < -0.3 is 0 Å². The van der Waals surface area contributed by atoms with Gasteiger partial charge in [0.2, 0.25) is 10.0 Å². The fraction of sp³-hybridized carbons (Fsp3) is 0.500. The van der Waals surface area contributed by atoms with Gasteiger partial charge in [-0.15, -0.1) is 0 Å². The summed E-state index contributed by atoms with van der Waals surface area (Å²) in [5.74, 6) is -0.473. The third-order valence-corrected chi connectivity index (χ3v) is 3.93. The van der Waals surface area contributed by atoms with Gasteiger partial charge in [-0.3, -0.25) is 4.72 Å². The van der Waals surface area contributed by atoms with Gasteiger partial charge in [-0.2, -0.15) is 13.2 Å². The summed E-state index contributed by atoms with van der Waals surface area (Å²) in [6.07, 6.45) is -4.54. The van der Waals surface area contributed by atoms with Gasteiger partial charge in [0, 0.05) is 17.1 Å². The molecule has 0 bridgehead atoms. The standard InChI is InChI=1S/C10H12BrF3N2O2S/c1-7-5-8(11)6-15-9(7)16-19(17,18)4-2-3-10(12,13)14/h5-6H,2-4H2,1H3,(H,15,16). The summed E-state index contributed by atoms with van der Waals surface area (Å²) in [5, 5.41) is 0. The van der Waals surface area contributed by atoms with Crippen molar-refractivity contribution >= 4 is 31.8 Å². The molecule has 9 heteroatoms. The van der Waals surface area contributed by atoms with Crippen molar-refractivity contribution in [2.45, 2.75) is 25.9 Å². The number of halogens is 4. The van der Waals surface area contributed by atoms with Gasteiger partial charge in [-0.05, 0) is 40.9 Å². The zero-order valence-corrected chi connectivity index (χ0v) is 12.4. The minimum Gasteiger partial charge on any atom is -0.267 e. The van der Waals surface area contributed by atoms with Crippen molar-refractivity contribution in [1.29, 1.82) is 0 Å². The predicted octanol–water partition coefficient (Wildman–Crippen LogP) is 3.24. The molecule has 4 nitrogen and oxygen atoms in total. The number of anilines is 1. The first-order chi connectivity index (χ1) is 8.59. The van der Waals surface area contributed by atoms with E-state index in [4.69, 9.17) is 0 Å². The molecule has 1 N–H and O–H groups in total. The highest BCUT2D eigenvalue weighted by Crippen LogP contribution is 2.22. The highest BCUT2D eigenvalue weighted by atomic mass is 79.9. The van der Waals surface area contributed by atoms with Crippen molar-refractivity contribution in [3.8, 4) is 0 Å². The van der Waals surface area contributed by atoms with E-state index in [-0.39, 0.29) is 5.82 Å². The van der Waals surface area contributed by atoms with Crippen LogP contribution < -0.4 is 4.72 Å². The Morgan fingerprint density at radius 1 is 1.42 bits per heavy atom. The maximum Gasteiger partial charge on any atom is 0.389 e. The minimum atomic E-state index is -4.35. The average Bonchev–Trinajstić information content (AvgIpc) is 2.20. The highest BCUT2D eigenvalue weighted by molar-refractivity contribution is 9.10. The number of nitrogens with one attached hydrogen (secondary N) is 1. The van der Waals surface area contributed by atoms with Crippen LogP contribution in [0, 0.1) is 6.92 Å². The van der Waals surface area contributed by atoms with Crippen LogP contribution in [0.4, 0.5) is 19.0 Å². The lowest BCUT2D eigenvalue weighted by Gasteiger charge is -2.10. The van der Waals surface area contributed by atoms with E-state index in [0.29, 0.717) is 10.0 Å². The Balaban J connectivity index is 2.64. The third kappa shape index (κ3) is 6.24. The number of sulfonamides is 1. The minimum absolute atomic E-state index is 0.121. The van der Waals surface area contributed by atoms with Crippen LogP contribution in [0.1, 0.15) is 18.4 Å². The van der Waals surface area contributed by atoms with Gasteiger partial charge in [0.1, 0.15) is 5.82 Å². The van der Waals surface area contributed by atoms with Crippen LogP contribution in [0.25, 0.3) is 0 Å². The van der Waals surface area contributed by atoms with Crippen LogP contribution >= 0.6 is 15.9 Å². The number of alkyl halides is 3. The fourth-order valence-electron chi connectivity index (χ4n) is 1.31. The number of aromatic nitrogens is 1. The quantitative estimate of drug-likeness (QED) is 0.876. The van der Waals surface area contributed by atoms with Crippen molar-refractivity contribution in [1.82, 2.24) is 4.98 Å². The topological polar surface area (TPSA) is 59.1 Å². The molecular formula is C10H12BrF3N2O2S. The number of hydrogen-bond acceptors (Lipinski definition) is 3. The van der Waals surface area contributed by atoms with Crippen LogP contribution in [-0.4, -0.2) is 25.3 Å². The van der Waals surface area contributed by atoms with Gasteiger partial charge in [0.15, 0.2) is 0 Å². The Labute approximate surface area is 117 Å². The number of hydrogen-bond donors (Lipinski definition) is 1. The molecule has 108 valence electrons. The summed E-state index contributed by atoms with van der Waals surface area (Å²) in [7, 11) is -3.82.